The highest BCUT2D eigenvalue weighted by Gasteiger charge is 2.15. The normalized spacial score (nSPS) is 10.8. The van der Waals surface area contributed by atoms with Crippen molar-refractivity contribution in [2.24, 2.45) is 7.05 Å². The molecule has 0 radical (unpaired) electrons. The van der Waals surface area contributed by atoms with Crippen LogP contribution >= 0.6 is 11.6 Å². The molecular weight excluding hydrogens is 198 g/mol. The van der Waals surface area contributed by atoms with Gasteiger partial charge in [0.1, 0.15) is 5.69 Å². The topological polar surface area (TPSA) is 22.0 Å². The molecule has 0 bridgehead atoms. The molecule has 3 heteroatoms. The third-order valence-corrected chi connectivity index (χ3v) is 2.76. The number of halogens is 1. The third-order valence-electron chi connectivity index (χ3n) is 2.38. The Morgan fingerprint density at radius 3 is 2.57 bits per heavy atom. The number of carbonyl (C=O) groups is 1. The number of benzene rings is 1. The summed E-state index contributed by atoms with van der Waals surface area (Å²) in [6, 6.07) is 7.72. The number of hydrogen-bond acceptors (Lipinski definition) is 1. The largest absolute Gasteiger partial charge is 0.340 e. The Morgan fingerprint density at radius 1 is 1.36 bits per heavy atom. The second-order valence-corrected chi connectivity index (χ2v) is 3.67. The second-order valence-electron chi connectivity index (χ2n) is 3.29. The lowest BCUT2D eigenvalue weighted by Crippen LogP contribution is -2.01. The zero-order valence-electron chi connectivity index (χ0n) is 8.04. The predicted octanol–water partition coefficient (Wildman–Crippen LogP) is 3.03. The molecule has 0 fully saturated rings. The quantitative estimate of drug-likeness (QED) is 0.659. The van der Waals surface area contributed by atoms with Gasteiger partial charge in [0.2, 0.25) is 0 Å². The second kappa shape index (κ2) is 3.14. The van der Waals surface area contributed by atoms with Crippen LogP contribution in [-0.2, 0) is 7.05 Å². The van der Waals surface area contributed by atoms with E-state index in [4.69, 9.17) is 11.6 Å². The molecule has 2 aromatic rings. The number of aromatic nitrogens is 1. The molecular formula is C11H10ClNO. The van der Waals surface area contributed by atoms with Crippen LogP contribution in [-0.4, -0.2) is 10.4 Å². The molecule has 0 aliphatic rings. The van der Waals surface area contributed by atoms with E-state index in [2.05, 4.69) is 0 Å². The van der Waals surface area contributed by atoms with E-state index in [-0.39, 0.29) is 5.78 Å². The molecule has 2 rings (SSSR count). The van der Waals surface area contributed by atoms with Gasteiger partial charge in [0, 0.05) is 24.9 Å². The molecule has 0 spiro atoms. The van der Waals surface area contributed by atoms with Gasteiger partial charge in [-0.3, -0.25) is 4.79 Å². The molecule has 0 N–H and O–H groups in total. The Hall–Kier alpha value is -1.28. The van der Waals surface area contributed by atoms with Crippen molar-refractivity contribution < 1.29 is 4.79 Å². The van der Waals surface area contributed by atoms with E-state index < -0.39 is 0 Å². The van der Waals surface area contributed by atoms with E-state index >= 15 is 0 Å². The Bertz CT molecular complexity index is 474. The fourth-order valence-corrected chi connectivity index (χ4v) is 2.16. The van der Waals surface area contributed by atoms with Gasteiger partial charge in [-0.1, -0.05) is 29.8 Å². The first-order chi connectivity index (χ1) is 6.63. The minimum absolute atomic E-state index is 0.00583. The van der Waals surface area contributed by atoms with Crippen LogP contribution in [0.1, 0.15) is 17.4 Å². The monoisotopic (exact) mass is 207 g/mol. The number of carbonyl (C=O) groups excluding carboxylic acids is 1. The number of fused-ring (bicyclic) bond motifs is 1. The number of ketones is 1. The maximum absolute atomic E-state index is 11.4. The van der Waals surface area contributed by atoms with Crippen molar-refractivity contribution in [3.05, 3.63) is 35.0 Å². The number of aryl methyl sites for hydroxylation is 1. The molecule has 2 nitrogen and oxygen atoms in total. The molecule has 1 heterocycles. The summed E-state index contributed by atoms with van der Waals surface area (Å²) in [5, 5.41) is 1.48. The van der Waals surface area contributed by atoms with E-state index in [1.807, 2.05) is 35.9 Å². The van der Waals surface area contributed by atoms with Crippen molar-refractivity contribution in [2.45, 2.75) is 6.92 Å². The lowest BCUT2D eigenvalue weighted by molar-refractivity contribution is 0.101. The van der Waals surface area contributed by atoms with E-state index in [9.17, 15) is 4.79 Å². The summed E-state index contributed by atoms with van der Waals surface area (Å²) in [5.41, 5.74) is 1.57. The first-order valence-corrected chi connectivity index (χ1v) is 4.74. The molecule has 0 amide bonds. The van der Waals surface area contributed by atoms with Gasteiger partial charge in [-0.05, 0) is 6.07 Å². The molecule has 14 heavy (non-hydrogen) atoms. The van der Waals surface area contributed by atoms with E-state index in [0.717, 1.165) is 10.9 Å². The molecule has 0 atom stereocenters. The first kappa shape index (κ1) is 9.28. The number of rotatable bonds is 1. The number of Topliss-reactive ketones (excluding diaryl/α,β-unsaturated/α-hetero) is 1. The molecule has 0 aliphatic carbocycles. The van der Waals surface area contributed by atoms with Gasteiger partial charge >= 0.3 is 0 Å². The minimum Gasteiger partial charge on any atom is -0.340 e. The van der Waals surface area contributed by atoms with E-state index in [1.54, 1.807) is 0 Å². The number of nitrogens with zero attached hydrogens (tertiary/aromatic N) is 1. The smallest absolute Gasteiger partial charge is 0.177 e. The lowest BCUT2D eigenvalue weighted by atomic mass is 10.2. The summed E-state index contributed by atoms with van der Waals surface area (Å²) >= 11 is 6.12. The lowest BCUT2D eigenvalue weighted by Gasteiger charge is -1.99. The SMILES string of the molecule is CC(=O)c1c(Cl)c2ccccc2n1C. The summed E-state index contributed by atoms with van der Waals surface area (Å²) < 4.78 is 1.83. The van der Waals surface area contributed by atoms with Gasteiger partial charge in [-0.2, -0.15) is 0 Å². The van der Waals surface area contributed by atoms with Gasteiger partial charge in [0.05, 0.1) is 5.02 Å². The molecule has 0 saturated carbocycles. The van der Waals surface area contributed by atoms with Crippen molar-refractivity contribution in [2.75, 3.05) is 0 Å². The summed E-state index contributed by atoms with van der Waals surface area (Å²) in [6.45, 7) is 1.53. The van der Waals surface area contributed by atoms with Crippen molar-refractivity contribution >= 4 is 28.3 Å². The molecule has 1 aromatic heterocycles. The number of hydrogen-bond donors (Lipinski definition) is 0. The summed E-state index contributed by atoms with van der Waals surface area (Å²) in [6.07, 6.45) is 0. The Labute approximate surface area is 87.1 Å². The highest BCUT2D eigenvalue weighted by atomic mass is 35.5. The van der Waals surface area contributed by atoms with Crippen LogP contribution in [0.2, 0.25) is 5.02 Å². The van der Waals surface area contributed by atoms with Crippen molar-refractivity contribution in [1.82, 2.24) is 4.57 Å². The van der Waals surface area contributed by atoms with Crippen LogP contribution in [0.5, 0.6) is 0 Å². The summed E-state index contributed by atoms with van der Waals surface area (Å²) in [5.74, 6) is -0.00583. The van der Waals surface area contributed by atoms with Crippen molar-refractivity contribution in [3.63, 3.8) is 0 Å². The number of para-hydroxylation sites is 1. The maximum Gasteiger partial charge on any atom is 0.177 e. The van der Waals surface area contributed by atoms with Crippen LogP contribution in [0.3, 0.4) is 0 Å². The van der Waals surface area contributed by atoms with Gasteiger partial charge in [0.15, 0.2) is 5.78 Å². The van der Waals surface area contributed by atoms with E-state index in [0.29, 0.717) is 10.7 Å². The molecule has 0 unspecified atom stereocenters. The van der Waals surface area contributed by atoms with Crippen LogP contribution < -0.4 is 0 Å². The summed E-state index contributed by atoms with van der Waals surface area (Å²) in [4.78, 5) is 11.4. The summed E-state index contributed by atoms with van der Waals surface area (Å²) in [7, 11) is 1.85. The first-order valence-electron chi connectivity index (χ1n) is 4.36. The zero-order chi connectivity index (χ0) is 10.3. The molecule has 72 valence electrons. The van der Waals surface area contributed by atoms with Crippen LogP contribution in [0.4, 0.5) is 0 Å². The van der Waals surface area contributed by atoms with Crippen LogP contribution in [0, 0.1) is 0 Å². The Kier molecular flexibility index (Phi) is 2.08. The zero-order valence-corrected chi connectivity index (χ0v) is 8.80. The fourth-order valence-electron chi connectivity index (χ4n) is 1.74. The van der Waals surface area contributed by atoms with Gasteiger partial charge in [0.25, 0.3) is 0 Å². The predicted molar refractivity (Wildman–Crippen MR) is 57.9 cm³/mol. The van der Waals surface area contributed by atoms with Crippen LogP contribution in [0.25, 0.3) is 10.9 Å². The standard InChI is InChI=1S/C11H10ClNO/c1-7(14)11-10(12)8-5-3-4-6-9(8)13(11)2/h3-6H,1-2H3. The maximum atomic E-state index is 11.4. The van der Waals surface area contributed by atoms with E-state index in [1.165, 1.54) is 6.92 Å². The highest BCUT2D eigenvalue weighted by Crippen LogP contribution is 2.29. The Morgan fingerprint density at radius 2 is 2.00 bits per heavy atom. The van der Waals surface area contributed by atoms with Gasteiger partial charge in [-0.25, -0.2) is 0 Å². The Balaban J connectivity index is 2.92. The average Bonchev–Trinajstić information content (AvgIpc) is 2.41. The minimum atomic E-state index is -0.00583. The third kappa shape index (κ3) is 1.15. The highest BCUT2D eigenvalue weighted by molar-refractivity contribution is 6.38. The molecule has 0 saturated heterocycles. The molecule has 1 aromatic carbocycles. The van der Waals surface area contributed by atoms with Gasteiger partial charge < -0.3 is 4.57 Å². The molecule has 0 aliphatic heterocycles. The van der Waals surface area contributed by atoms with Crippen molar-refractivity contribution in [3.8, 4) is 0 Å². The fraction of sp³-hybridized carbons (Fsp3) is 0.182. The van der Waals surface area contributed by atoms with Crippen LogP contribution in [0.15, 0.2) is 24.3 Å². The van der Waals surface area contributed by atoms with Crippen molar-refractivity contribution in [1.29, 1.82) is 0 Å². The average molecular weight is 208 g/mol. The van der Waals surface area contributed by atoms with Gasteiger partial charge in [-0.15, -0.1) is 0 Å².